The summed E-state index contributed by atoms with van der Waals surface area (Å²) in [5.41, 5.74) is 1.11. The summed E-state index contributed by atoms with van der Waals surface area (Å²) < 4.78 is 4.74. The van der Waals surface area contributed by atoms with Crippen molar-refractivity contribution >= 4 is 5.97 Å². The molecule has 2 rings (SSSR count). The van der Waals surface area contributed by atoms with Gasteiger partial charge in [-0.1, -0.05) is 13.0 Å². The summed E-state index contributed by atoms with van der Waals surface area (Å²) in [6.07, 6.45) is 3.82. The van der Waals surface area contributed by atoms with Gasteiger partial charge in [-0.3, -0.25) is 9.78 Å². The Hall–Kier alpha value is -1.38. The maximum atomic E-state index is 11.3. The molecule has 1 aromatic rings. The summed E-state index contributed by atoms with van der Waals surface area (Å²) >= 11 is 0. The minimum Gasteiger partial charge on any atom is -0.469 e. The van der Waals surface area contributed by atoms with Gasteiger partial charge in [-0.25, -0.2) is 0 Å². The maximum Gasteiger partial charge on any atom is 0.308 e. The van der Waals surface area contributed by atoms with Crippen molar-refractivity contribution in [3.63, 3.8) is 0 Å². The number of aromatic nitrogens is 1. The van der Waals surface area contributed by atoms with E-state index in [9.17, 15) is 4.79 Å². The molecule has 0 amide bonds. The second kappa shape index (κ2) is 4.64. The van der Waals surface area contributed by atoms with Crippen molar-refractivity contribution in [2.75, 3.05) is 7.11 Å². The van der Waals surface area contributed by atoms with Crippen LogP contribution >= 0.6 is 0 Å². The smallest absolute Gasteiger partial charge is 0.308 e. The summed E-state index contributed by atoms with van der Waals surface area (Å²) in [5.74, 6) is 0.986. The SMILES string of the molecule is COC(=O)C1CC1CC(C)c1ccccn1. The number of rotatable bonds is 4. The molecule has 1 fully saturated rings. The van der Waals surface area contributed by atoms with Crippen LogP contribution < -0.4 is 0 Å². The van der Waals surface area contributed by atoms with Crippen LogP contribution in [0.3, 0.4) is 0 Å². The van der Waals surface area contributed by atoms with E-state index in [1.165, 1.54) is 7.11 Å². The van der Waals surface area contributed by atoms with Gasteiger partial charge in [0.2, 0.25) is 0 Å². The molecule has 16 heavy (non-hydrogen) atoms. The zero-order chi connectivity index (χ0) is 11.5. The van der Waals surface area contributed by atoms with Crippen LogP contribution in [0, 0.1) is 11.8 Å². The van der Waals surface area contributed by atoms with E-state index in [0.29, 0.717) is 11.8 Å². The minimum atomic E-state index is -0.0572. The van der Waals surface area contributed by atoms with Crippen LogP contribution in [0.1, 0.15) is 31.4 Å². The second-order valence-electron chi connectivity index (χ2n) is 4.52. The average Bonchev–Trinajstić information content (AvgIpc) is 3.08. The first-order chi connectivity index (χ1) is 7.72. The molecule has 1 aliphatic carbocycles. The second-order valence-corrected chi connectivity index (χ2v) is 4.52. The molecule has 0 aliphatic heterocycles. The van der Waals surface area contributed by atoms with Gasteiger partial charge in [-0.2, -0.15) is 0 Å². The van der Waals surface area contributed by atoms with Crippen molar-refractivity contribution < 1.29 is 9.53 Å². The Balaban J connectivity index is 1.86. The highest BCUT2D eigenvalue weighted by Crippen LogP contribution is 2.45. The van der Waals surface area contributed by atoms with Crippen LogP contribution in [-0.2, 0) is 9.53 Å². The Kier molecular flexibility index (Phi) is 3.22. The maximum absolute atomic E-state index is 11.3. The third-order valence-corrected chi connectivity index (χ3v) is 3.28. The molecule has 3 atom stereocenters. The Morgan fingerprint density at radius 1 is 1.62 bits per heavy atom. The molecule has 0 bridgehead atoms. The molecule has 86 valence electrons. The summed E-state index contributed by atoms with van der Waals surface area (Å²) in [6, 6.07) is 5.97. The van der Waals surface area contributed by atoms with Gasteiger partial charge in [-0.05, 0) is 36.8 Å². The first kappa shape index (κ1) is 11.1. The molecule has 0 radical (unpaired) electrons. The molecule has 0 aromatic carbocycles. The molecule has 1 heterocycles. The van der Waals surface area contributed by atoms with Crippen LogP contribution in [-0.4, -0.2) is 18.1 Å². The predicted octanol–water partition coefficient (Wildman–Crippen LogP) is 2.38. The number of pyridine rings is 1. The molecule has 1 aromatic heterocycles. The van der Waals surface area contributed by atoms with Gasteiger partial charge < -0.3 is 4.74 Å². The van der Waals surface area contributed by atoms with Crippen LogP contribution in [0.2, 0.25) is 0 Å². The van der Waals surface area contributed by atoms with E-state index >= 15 is 0 Å². The lowest BCUT2D eigenvalue weighted by atomic mass is 9.99. The highest BCUT2D eigenvalue weighted by atomic mass is 16.5. The van der Waals surface area contributed by atoms with E-state index < -0.39 is 0 Å². The fourth-order valence-corrected chi connectivity index (χ4v) is 2.19. The monoisotopic (exact) mass is 219 g/mol. The molecular weight excluding hydrogens is 202 g/mol. The van der Waals surface area contributed by atoms with Gasteiger partial charge >= 0.3 is 5.97 Å². The molecule has 0 spiro atoms. The highest BCUT2D eigenvalue weighted by molar-refractivity contribution is 5.75. The average molecular weight is 219 g/mol. The Bertz CT molecular complexity index is 363. The topological polar surface area (TPSA) is 39.2 Å². The van der Waals surface area contributed by atoms with E-state index in [0.717, 1.165) is 18.5 Å². The normalized spacial score (nSPS) is 24.9. The quantitative estimate of drug-likeness (QED) is 0.730. The molecule has 0 N–H and O–H groups in total. The Morgan fingerprint density at radius 2 is 2.44 bits per heavy atom. The molecular formula is C13H17NO2. The number of carbonyl (C=O) groups is 1. The molecule has 3 unspecified atom stereocenters. The van der Waals surface area contributed by atoms with E-state index in [1.807, 2.05) is 24.4 Å². The van der Waals surface area contributed by atoms with E-state index in [2.05, 4.69) is 11.9 Å². The fraction of sp³-hybridized carbons (Fsp3) is 0.538. The van der Waals surface area contributed by atoms with Crippen LogP contribution in [0.15, 0.2) is 24.4 Å². The third kappa shape index (κ3) is 2.40. The van der Waals surface area contributed by atoms with Crippen molar-refractivity contribution in [2.45, 2.75) is 25.7 Å². The summed E-state index contributed by atoms with van der Waals surface area (Å²) in [5, 5.41) is 0. The molecule has 3 nitrogen and oxygen atoms in total. The minimum absolute atomic E-state index is 0.0572. The van der Waals surface area contributed by atoms with E-state index in [-0.39, 0.29) is 11.9 Å². The molecule has 1 saturated carbocycles. The fourth-order valence-electron chi connectivity index (χ4n) is 2.19. The summed E-state index contributed by atoms with van der Waals surface area (Å²) in [4.78, 5) is 15.6. The first-order valence-corrected chi connectivity index (χ1v) is 5.71. The van der Waals surface area contributed by atoms with Gasteiger partial charge in [0.1, 0.15) is 0 Å². The first-order valence-electron chi connectivity index (χ1n) is 5.71. The predicted molar refractivity (Wildman–Crippen MR) is 60.9 cm³/mol. The van der Waals surface area contributed by atoms with Gasteiger partial charge in [-0.15, -0.1) is 0 Å². The van der Waals surface area contributed by atoms with Crippen LogP contribution in [0.4, 0.5) is 0 Å². The number of ether oxygens (including phenoxy) is 1. The summed E-state index contributed by atoms with van der Waals surface area (Å²) in [7, 11) is 1.46. The number of carbonyl (C=O) groups excluding carboxylic acids is 1. The number of methoxy groups -OCH3 is 1. The van der Waals surface area contributed by atoms with Crippen molar-refractivity contribution in [3.05, 3.63) is 30.1 Å². The number of hydrogen-bond donors (Lipinski definition) is 0. The lowest BCUT2D eigenvalue weighted by Gasteiger charge is -2.09. The summed E-state index contributed by atoms with van der Waals surface area (Å²) in [6.45, 7) is 2.16. The number of hydrogen-bond acceptors (Lipinski definition) is 3. The van der Waals surface area contributed by atoms with Crippen LogP contribution in [0.5, 0.6) is 0 Å². The lowest BCUT2D eigenvalue weighted by molar-refractivity contribution is -0.142. The Morgan fingerprint density at radius 3 is 3.06 bits per heavy atom. The zero-order valence-electron chi connectivity index (χ0n) is 9.72. The van der Waals surface area contributed by atoms with Crippen molar-refractivity contribution in [3.8, 4) is 0 Å². The van der Waals surface area contributed by atoms with Gasteiger partial charge in [0.15, 0.2) is 0 Å². The van der Waals surface area contributed by atoms with Gasteiger partial charge in [0.25, 0.3) is 0 Å². The molecule has 1 aliphatic rings. The molecule has 0 saturated heterocycles. The highest BCUT2D eigenvalue weighted by Gasteiger charge is 2.44. The number of esters is 1. The largest absolute Gasteiger partial charge is 0.469 e. The van der Waals surface area contributed by atoms with Gasteiger partial charge in [0.05, 0.1) is 13.0 Å². The van der Waals surface area contributed by atoms with E-state index in [1.54, 1.807) is 0 Å². The Labute approximate surface area is 95.8 Å². The van der Waals surface area contributed by atoms with Gasteiger partial charge in [0, 0.05) is 11.9 Å². The van der Waals surface area contributed by atoms with Crippen molar-refractivity contribution in [1.29, 1.82) is 0 Å². The third-order valence-electron chi connectivity index (χ3n) is 3.28. The van der Waals surface area contributed by atoms with Crippen LogP contribution in [0.25, 0.3) is 0 Å². The lowest BCUT2D eigenvalue weighted by Crippen LogP contribution is -2.06. The standard InChI is InChI=1S/C13H17NO2/c1-9(12-5-3-4-6-14-12)7-10-8-11(10)13(15)16-2/h3-6,9-11H,7-8H2,1-2H3. The number of nitrogens with zero attached hydrogens (tertiary/aromatic N) is 1. The van der Waals surface area contributed by atoms with Crippen molar-refractivity contribution in [2.24, 2.45) is 11.8 Å². The van der Waals surface area contributed by atoms with Crippen molar-refractivity contribution in [1.82, 2.24) is 4.98 Å². The molecule has 3 heteroatoms. The van der Waals surface area contributed by atoms with E-state index in [4.69, 9.17) is 4.74 Å². The zero-order valence-corrected chi connectivity index (χ0v) is 9.72.